The summed E-state index contributed by atoms with van der Waals surface area (Å²) in [6, 6.07) is -0.523. The summed E-state index contributed by atoms with van der Waals surface area (Å²) in [6.07, 6.45) is 2.52. The van der Waals surface area contributed by atoms with Crippen LogP contribution in [0.3, 0.4) is 0 Å². The van der Waals surface area contributed by atoms with E-state index in [9.17, 15) is 4.79 Å². The van der Waals surface area contributed by atoms with Crippen LogP contribution in [0.2, 0.25) is 0 Å². The van der Waals surface area contributed by atoms with E-state index in [1.54, 1.807) is 0 Å². The summed E-state index contributed by atoms with van der Waals surface area (Å²) in [5.74, 6) is -0.838. The highest BCUT2D eigenvalue weighted by Crippen LogP contribution is 2.01. The van der Waals surface area contributed by atoms with Crippen LogP contribution < -0.4 is 10.0 Å². The molecule has 0 radical (unpaired) electrons. The van der Waals surface area contributed by atoms with Gasteiger partial charge in [0.2, 0.25) is 0 Å². The molecule has 3 N–H and O–H groups in total. The molecule has 1 atom stereocenters. The second-order valence-corrected chi connectivity index (χ2v) is 2.88. The van der Waals surface area contributed by atoms with Gasteiger partial charge in [0.05, 0.1) is 0 Å². The molecule has 0 fully saturated rings. The quantitative estimate of drug-likeness (QED) is 0.345. The minimum atomic E-state index is -0.838. The first-order chi connectivity index (χ1) is 5.72. The molecule has 0 aromatic heterocycles. The van der Waals surface area contributed by atoms with Gasteiger partial charge in [0, 0.05) is 0 Å². The molecule has 4 nitrogen and oxygen atoms in total. The first-order valence-corrected chi connectivity index (χ1v) is 4.44. The molecule has 0 aromatic rings. The maximum atomic E-state index is 10.5. The lowest BCUT2D eigenvalue weighted by atomic mass is 10.1. The van der Waals surface area contributed by atoms with Crippen LogP contribution in [0.15, 0.2) is 0 Å². The van der Waals surface area contributed by atoms with Gasteiger partial charge in [-0.05, 0) is 26.4 Å². The van der Waals surface area contributed by atoms with Crippen LogP contribution in [0, 0.1) is 0 Å². The third-order valence-corrected chi connectivity index (χ3v) is 1.94. The van der Waals surface area contributed by atoms with Crippen molar-refractivity contribution in [2.75, 3.05) is 13.6 Å². The Morgan fingerprint density at radius 2 is 2.25 bits per heavy atom. The summed E-state index contributed by atoms with van der Waals surface area (Å²) in [5.41, 5.74) is 0. The van der Waals surface area contributed by atoms with E-state index in [4.69, 9.17) is 5.11 Å². The van der Waals surface area contributed by atoms with Crippen LogP contribution in [0.4, 0.5) is 0 Å². The van der Waals surface area contributed by atoms with E-state index in [1.165, 1.54) is 0 Å². The lowest BCUT2D eigenvalue weighted by Gasteiger charge is -2.09. The van der Waals surface area contributed by atoms with Gasteiger partial charge in [-0.1, -0.05) is 19.2 Å². The molecular weight excluding hydrogens is 176 g/mol. The van der Waals surface area contributed by atoms with Crippen molar-refractivity contribution in [3.05, 3.63) is 0 Å². The molecule has 0 heterocycles. The van der Waals surface area contributed by atoms with E-state index in [-0.39, 0.29) is 0 Å². The molecule has 72 valence electrons. The van der Waals surface area contributed by atoms with Crippen LogP contribution >= 0.6 is 12.8 Å². The van der Waals surface area contributed by atoms with Crippen molar-refractivity contribution >= 4 is 18.8 Å². The van der Waals surface area contributed by atoms with Gasteiger partial charge in [0.25, 0.3) is 0 Å². The van der Waals surface area contributed by atoms with Gasteiger partial charge in [-0.25, -0.2) is 0 Å². The van der Waals surface area contributed by atoms with E-state index in [2.05, 4.69) is 22.9 Å². The number of carboxylic acid groups (broad SMARTS) is 1. The molecule has 0 rings (SSSR count). The van der Waals surface area contributed by atoms with Crippen molar-refractivity contribution in [3.63, 3.8) is 0 Å². The van der Waals surface area contributed by atoms with Gasteiger partial charge in [-0.15, -0.1) is 0 Å². The molecule has 5 heteroatoms. The Bertz CT molecular complexity index is 133. The van der Waals surface area contributed by atoms with Gasteiger partial charge in [0.15, 0.2) is 0 Å². The van der Waals surface area contributed by atoms with Crippen molar-refractivity contribution in [1.82, 2.24) is 10.0 Å². The Balaban J connectivity index is 3.38. The molecule has 0 aliphatic rings. The summed E-state index contributed by atoms with van der Waals surface area (Å²) in [5, 5.41) is 11.6. The Hall–Kier alpha value is -0.260. The minimum Gasteiger partial charge on any atom is -0.480 e. The van der Waals surface area contributed by atoms with E-state index in [0.717, 1.165) is 19.4 Å². The van der Waals surface area contributed by atoms with E-state index < -0.39 is 12.0 Å². The van der Waals surface area contributed by atoms with Crippen LogP contribution in [-0.2, 0) is 4.79 Å². The highest BCUT2D eigenvalue weighted by molar-refractivity contribution is 7.78. The average molecular weight is 192 g/mol. The monoisotopic (exact) mass is 192 g/mol. The van der Waals surface area contributed by atoms with Crippen molar-refractivity contribution in [3.8, 4) is 0 Å². The van der Waals surface area contributed by atoms with Crippen LogP contribution in [0.1, 0.15) is 19.3 Å². The largest absolute Gasteiger partial charge is 0.480 e. The average Bonchev–Trinajstić information content (AvgIpc) is 2.04. The van der Waals surface area contributed by atoms with Gasteiger partial charge in [0.1, 0.15) is 6.04 Å². The molecule has 0 saturated carbocycles. The second kappa shape index (κ2) is 7.39. The minimum absolute atomic E-state index is 0.523. The van der Waals surface area contributed by atoms with E-state index >= 15 is 0 Å². The first-order valence-electron chi connectivity index (χ1n) is 3.99. The number of thiol groups is 1. The fraction of sp³-hybridized carbons (Fsp3) is 0.857. The topological polar surface area (TPSA) is 61.4 Å². The predicted molar refractivity (Wildman–Crippen MR) is 51.3 cm³/mol. The Morgan fingerprint density at radius 3 is 2.67 bits per heavy atom. The number of hydrogen-bond donors (Lipinski definition) is 4. The molecule has 0 spiro atoms. The molecule has 0 bridgehead atoms. The molecule has 1 unspecified atom stereocenters. The predicted octanol–water partition coefficient (Wildman–Crippen LogP) is 0.264. The van der Waals surface area contributed by atoms with Crippen molar-refractivity contribution in [2.24, 2.45) is 0 Å². The number of rotatable bonds is 7. The summed E-state index contributed by atoms with van der Waals surface area (Å²) in [7, 11) is 1.88. The highest BCUT2D eigenvalue weighted by atomic mass is 32.1. The van der Waals surface area contributed by atoms with Gasteiger partial charge in [-0.3, -0.25) is 9.52 Å². The Kier molecular flexibility index (Phi) is 7.23. The Morgan fingerprint density at radius 1 is 1.58 bits per heavy atom. The number of unbranched alkanes of at least 4 members (excludes halogenated alkanes) is 1. The third kappa shape index (κ3) is 5.40. The molecule has 0 aliphatic carbocycles. The second-order valence-electron chi connectivity index (χ2n) is 2.62. The van der Waals surface area contributed by atoms with Crippen LogP contribution in [0.5, 0.6) is 0 Å². The zero-order valence-corrected chi connectivity index (χ0v) is 8.10. The smallest absolute Gasteiger partial charge is 0.321 e. The molecule has 0 amide bonds. The maximum absolute atomic E-state index is 10.5. The van der Waals surface area contributed by atoms with Crippen LogP contribution in [-0.4, -0.2) is 30.7 Å². The van der Waals surface area contributed by atoms with Crippen molar-refractivity contribution in [1.29, 1.82) is 0 Å². The van der Waals surface area contributed by atoms with E-state index in [0.29, 0.717) is 6.42 Å². The SMILES string of the molecule is CNCCCCC(NS)C(=O)O. The van der Waals surface area contributed by atoms with Gasteiger partial charge in [-0.2, -0.15) is 0 Å². The molecule has 0 saturated heterocycles. The first kappa shape index (κ1) is 11.7. The zero-order chi connectivity index (χ0) is 9.40. The van der Waals surface area contributed by atoms with Crippen LogP contribution in [0.25, 0.3) is 0 Å². The summed E-state index contributed by atoms with van der Waals surface area (Å²) < 4.78 is 2.45. The van der Waals surface area contributed by atoms with Crippen molar-refractivity contribution < 1.29 is 9.90 Å². The zero-order valence-electron chi connectivity index (χ0n) is 7.21. The number of aliphatic carboxylic acids is 1. The molecule has 0 aliphatic heterocycles. The third-order valence-electron chi connectivity index (χ3n) is 1.62. The van der Waals surface area contributed by atoms with Crippen molar-refractivity contribution in [2.45, 2.75) is 25.3 Å². The number of hydrogen-bond acceptors (Lipinski definition) is 4. The maximum Gasteiger partial charge on any atom is 0.321 e. The fourth-order valence-corrected chi connectivity index (χ4v) is 1.13. The number of carbonyl (C=O) groups is 1. The normalized spacial score (nSPS) is 12.8. The fourth-order valence-electron chi connectivity index (χ4n) is 0.893. The standard InChI is InChI=1S/C7H16N2O2S/c1-8-5-3-2-4-6(9-12)7(10)11/h6,8-9,12H,2-5H2,1H3,(H,10,11). The van der Waals surface area contributed by atoms with E-state index in [1.807, 2.05) is 7.05 Å². The number of nitrogens with one attached hydrogen (secondary N) is 2. The molecular formula is C7H16N2O2S. The lowest BCUT2D eigenvalue weighted by molar-refractivity contribution is -0.139. The van der Waals surface area contributed by atoms with Gasteiger partial charge >= 0.3 is 5.97 Å². The summed E-state index contributed by atoms with van der Waals surface area (Å²) in [6.45, 7) is 0.929. The summed E-state index contributed by atoms with van der Waals surface area (Å²) in [4.78, 5) is 10.5. The lowest BCUT2D eigenvalue weighted by Crippen LogP contribution is -2.30. The highest BCUT2D eigenvalue weighted by Gasteiger charge is 2.13. The van der Waals surface area contributed by atoms with Gasteiger partial charge < -0.3 is 10.4 Å². The summed E-state index contributed by atoms with van der Waals surface area (Å²) >= 11 is 3.73. The number of carboxylic acids is 1. The molecule has 0 aromatic carbocycles. The molecule has 12 heavy (non-hydrogen) atoms. The Labute approximate surface area is 78.3 Å².